The summed E-state index contributed by atoms with van der Waals surface area (Å²) in [6.45, 7) is 24.4. The van der Waals surface area contributed by atoms with Gasteiger partial charge in [-0.15, -0.1) is 0 Å². The van der Waals surface area contributed by atoms with Crippen LogP contribution < -0.4 is 17.6 Å². The first-order chi connectivity index (χ1) is 37.4. The van der Waals surface area contributed by atoms with E-state index in [1.165, 1.54) is 112 Å². The van der Waals surface area contributed by atoms with Gasteiger partial charge in [-0.2, -0.15) is 0 Å². The van der Waals surface area contributed by atoms with Crippen molar-refractivity contribution >= 4 is 181 Å². The number of aromatic nitrogens is 4. The second kappa shape index (κ2) is 20.9. The molecule has 0 aliphatic carbocycles. The molecule has 0 spiro atoms. The molecule has 2 saturated heterocycles. The van der Waals surface area contributed by atoms with Crippen molar-refractivity contribution in [2.24, 2.45) is 23.7 Å². The van der Waals surface area contributed by atoms with Crippen molar-refractivity contribution < 1.29 is 9.59 Å². The first-order valence-electron chi connectivity index (χ1n) is 27.4. The van der Waals surface area contributed by atoms with E-state index in [2.05, 4.69) is 140 Å². The summed E-state index contributed by atoms with van der Waals surface area (Å²) in [5.74, 6) is 2.05. The summed E-state index contributed by atoms with van der Waals surface area (Å²) in [4.78, 5) is 31.1. The van der Waals surface area contributed by atoms with Crippen molar-refractivity contribution in [3.63, 3.8) is 0 Å². The zero-order chi connectivity index (χ0) is 54.7. The molecule has 0 bridgehead atoms. The third-order valence-corrected chi connectivity index (χ3v) is 44.9. The van der Waals surface area contributed by atoms with Crippen molar-refractivity contribution in [3.05, 3.63) is 106 Å². The summed E-state index contributed by atoms with van der Waals surface area (Å²) in [6.07, 6.45) is 3.89. The van der Waals surface area contributed by atoms with E-state index >= 15 is 0 Å². The second-order valence-corrected chi connectivity index (χ2v) is 44.8. The van der Waals surface area contributed by atoms with Crippen molar-refractivity contribution in [1.29, 1.82) is 0 Å². The number of thioether (sulfide) groups is 2. The summed E-state index contributed by atoms with van der Waals surface area (Å²) in [5, 5.41) is 7.58. The summed E-state index contributed by atoms with van der Waals surface area (Å²) in [6, 6.07) is 33.8. The monoisotopic (exact) mass is 1260 g/mol. The molecule has 2 amide bonds. The van der Waals surface area contributed by atoms with Crippen LogP contribution >= 0.6 is 71.4 Å². The van der Waals surface area contributed by atoms with Crippen LogP contribution in [0.4, 0.5) is 0 Å². The van der Waals surface area contributed by atoms with Crippen molar-refractivity contribution in [1.82, 2.24) is 27.3 Å². The number of hydrogen-bond donors (Lipinski definition) is 0. The van der Waals surface area contributed by atoms with Crippen LogP contribution in [-0.2, 0) is 9.59 Å². The van der Waals surface area contributed by atoms with Crippen molar-refractivity contribution in [2.75, 3.05) is 13.1 Å². The van der Waals surface area contributed by atoms with Crippen molar-refractivity contribution in [2.45, 2.75) is 90.3 Å². The Morgan fingerprint density at radius 2 is 0.808 bits per heavy atom. The minimum atomic E-state index is -3.14. The maximum atomic E-state index is 13.3. The fraction of sp³-hybridized carbons (Fsp3) is 0.323. The molecule has 0 radical (unpaired) electrons. The third kappa shape index (κ3) is 8.96. The van der Waals surface area contributed by atoms with Gasteiger partial charge in [-0.25, -0.2) is 0 Å². The maximum absolute atomic E-state index is 13.3. The molecule has 4 aliphatic heterocycles. The van der Waals surface area contributed by atoms with Crippen LogP contribution in [0.25, 0.3) is 89.5 Å². The average Bonchev–Trinajstić information content (AvgIpc) is 4.24. The standard InChI is InChI=1S/C62H62Ge2N6O2S6/c1-11-69-59(71)53(75-61(69)73)27-39-15-17-43(57-55(39)65-77-67-57)37-13-19-45-47-21-41-26-52-48(22-42(41)25-51(47)63(29-33(3)4,30-34(5)6)49(45)23-37)46-20-14-38(24-50(46)64(52,31-35(7)8)32-36(9)10)44-18-16-40(56-58(44)68-78-66-56)28-54-60(72)70(12-2)62(74)76-54/h13-28,33-36H,11-12,29-32H2,1-10H3/b53-27-,54-28-. The molecule has 0 atom stereocenters. The molecule has 6 aromatic carbocycles. The van der Waals surface area contributed by atoms with Crippen LogP contribution in [0.1, 0.15) is 80.4 Å². The van der Waals surface area contributed by atoms with Crippen LogP contribution in [0.5, 0.6) is 0 Å². The Hall–Kier alpha value is -4.39. The van der Waals surface area contributed by atoms with Gasteiger partial charge in [0.15, 0.2) is 0 Å². The summed E-state index contributed by atoms with van der Waals surface area (Å²) >= 11 is 10.00. The van der Waals surface area contributed by atoms with Crippen LogP contribution in [0.15, 0.2) is 94.7 Å². The topological polar surface area (TPSA) is 92.2 Å². The van der Waals surface area contributed by atoms with Crippen LogP contribution in [-0.4, -0.2) is 87.4 Å². The molecule has 2 fully saturated rings. The first-order valence-corrected chi connectivity index (χ1v) is 41.4. The first kappa shape index (κ1) is 54.2. The molecule has 6 heterocycles. The number of fused-ring (bicyclic) bond motifs is 9. The Morgan fingerprint density at radius 1 is 0.462 bits per heavy atom. The molecule has 16 heteroatoms. The molecule has 0 unspecified atom stereocenters. The molecule has 8 nitrogen and oxygen atoms in total. The van der Waals surface area contributed by atoms with Gasteiger partial charge in [-0.3, -0.25) is 0 Å². The van der Waals surface area contributed by atoms with E-state index in [-0.39, 0.29) is 11.8 Å². The molecule has 8 aromatic rings. The van der Waals surface area contributed by atoms with E-state index < -0.39 is 26.5 Å². The quantitative estimate of drug-likeness (QED) is 0.0595. The van der Waals surface area contributed by atoms with Gasteiger partial charge in [-0.05, 0) is 13.8 Å². The van der Waals surface area contributed by atoms with Crippen LogP contribution in [0.3, 0.4) is 0 Å². The molecule has 0 saturated carbocycles. The molecular formula is C62H62Ge2N6O2S6. The molecule has 0 N–H and O–H groups in total. The Bertz CT molecular complexity index is 3680. The van der Waals surface area contributed by atoms with Gasteiger partial charge >= 0.3 is 481 Å². The number of carbonyl (C=O) groups is 2. The molecule has 2 aromatic heterocycles. The van der Waals surface area contributed by atoms with E-state index in [1.807, 2.05) is 26.0 Å². The van der Waals surface area contributed by atoms with Gasteiger partial charge in [0.2, 0.25) is 0 Å². The average molecular weight is 1260 g/mol. The zero-order valence-electron chi connectivity index (χ0n) is 45.7. The Morgan fingerprint density at radius 3 is 1.15 bits per heavy atom. The van der Waals surface area contributed by atoms with E-state index in [0.717, 1.165) is 44.3 Å². The van der Waals surface area contributed by atoms with Gasteiger partial charge in [0.05, 0.1) is 0 Å². The second-order valence-electron chi connectivity index (χ2n) is 23.4. The third-order valence-electron chi connectivity index (χ3n) is 16.3. The number of thiocarbonyl (C=S) groups is 2. The Labute approximate surface area is 490 Å². The number of amides is 2. The van der Waals surface area contributed by atoms with Gasteiger partial charge in [0.1, 0.15) is 0 Å². The van der Waals surface area contributed by atoms with E-state index in [9.17, 15) is 9.59 Å². The predicted octanol–water partition coefficient (Wildman–Crippen LogP) is 14.3. The van der Waals surface area contributed by atoms with Gasteiger partial charge < -0.3 is 0 Å². The van der Waals surface area contributed by atoms with E-state index in [4.69, 9.17) is 41.9 Å². The van der Waals surface area contributed by atoms with Gasteiger partial charge in [0, 0.05) is 0 Å². The molecule has 396 valence electrons. The Balaban J connectivity index is 0.988. The van der Waals surface area contributed by atoms with Crippen molar-refractivity contribution in [3.8, 4) is 44.5 Å². The summed E-state index contributed by atoms with van der Waals surface area (Å²) < 4.78 is 27.1. The normalized spacial score (nSPS) is 17.6. The molecule has 78 heavy (non-hydrogen) atoms. The van der Waals surface area contributed by atoms with Gasteiger partial charge in [-0.1, -0.05) is 0 Å². The Kier molecular flexibility index (Phi) is 14.5. The molecular weight excluding hydrogens is 1200 g/mol. The number of rotatable bonds is 14. The number of hydrogen-bond acceptors (Lipinski definition) is 12. The van der Waals surface area contributed by atoms with Crippen LogP contribution in [0, 0.1) is 23.7 Å². The minimum absolute atomic E-state index is 0.0488. The fourth-order valence-electron chi connectivity index (χ4n) is 13.7. The van der Waals surface area contributed by atoms with E-state index in [1.54, 1.807) is 27.4 Å². The van der Waals surface area contributed by atoms with E-state index in [0.29, 0.717) is 55.2 Å². The summed E-state index contributed by atoms with van der Waals surface area (Å²) in [5.41, 5.74) is 15.4. The number of carbonyl (C=O) groups excluding carboxylic acids is 2. The predicted molar refractivity (Wildman–Crippen MR) is 347 cm³/mol. The summed E-state index contributed by atoms with van der Waals surface area (Å²) in [7, 11) is 0. The SMILES string of the molecule is CCN1C(=O)/C(=C/c2ccc(-c3ccc4[c](c3)[Ge]([CH2]C(C)C)([CH2]C(C)C)[c]3cc5cc6[c](cc5cc3-4)[Ge]([CH2]C(C)C)([CH2]C(C)C)[c]3cc(-c4ccc(/C=C5\SC(=S)N(CC)C5=O)c5nsnc45)ccc3-6)c3nsnc23)SC1=S. The number of nitrogens with zero attached hydrogens (tertiary/aromatic N) is 6. The van der Waals surface area contributed by atoms with Crippen LogP contribution in [0.2, 0.25) is 21.0 Å². The zero-order valence-corrected chi connectivity index (χ0v) is 54.8. The fourth-order valence-corrected chi connectivity index (χ4v) is 44.6. The molecule has 4 aliphatic rings. The number of likely N-dealkylation sites (N-methyl/N-ethyl adjacent to an activating group) is 2. The van der Waals surface area contributed by atoms with Gasteiger partial charge in [0.25, 0.3) is 0 Å². The number of benzene rings is 6. The molecule has 12 rings (SSSR count).